The zero-order chi connectivity index (χ0) is 28.9. The molecule has 0 aromatic heterocycles. The van der Waals surface area contributed by atoms with Crippen molar-refractivity contribution in [3.63, 3.8) is 0 Å². The van der Waals surface area contributed by atoms with Gasteiger partial charge in [0.1, 0.15) is 18.9 Å². The van der Waals surface area contributed by atoms with E-state index in [9.17, 15) is 18.0 Å². The Morgan fingerprint density at radius 1 is 1.10 bits per heavy atom. The number of nitrogens with one attached hydrogen (secondary N) is 1. The highest BCUT2D eigenvalue weighted by Crippen LogP contribution is 2.37. The molecule has 1 atom stereocenters. The molecule has 40 heavy (non-hydrogen) atoms. The van der Waals surface area contributed by atoms with Crippen LogP contribution in [0.15, 0.2) is 48.5 Å². The van der Waals surface area contributed by atoms with Crippen LogP contribution in [0, 0.1) is 5.92 Å². The van der Waals surface area contributed by atoms with E-state index in [2.05, 4.69) is 25.0 Å². The fraction of sp³-hybridized carbons (Fsp3) is 0.517. The fourth-order valence-electron chi connectivity index (χ4n) is 5.17. The minimum Gasteiger partial charge on any atom is -0.487 e. The van der Waals surface area contributed by atoms with Gasteiger partial charge in [-0.2, -0.15) is 8.42 Å². The molecule has 2 saturated heterocycles. The van der Waals surface area contributed by atoms with E-state index in [0.29, 0.717) is 36.5 Å². The number of piperidine rings is 1. The second kappa shape index (κ2) is 12.6. The van der Waals surface area contributed by atoms with Crippen LogP contribution in [-0.4, -0.2) is 70.4 Å². The van der Waals surface area contributed by atoms with Gasteiger partial charge in [-0.25, -0.2) is 13.4 Å². The van der Waals surface area contributed by atoms with Crippen molar-refractivity contribution in [2.45, 2.75) is 58.5 Å². The zero-order valence-corrected chi connectivity index (χ0v) is 25.9. The summed E-state index contributed by atoms with van der Waals surface area (Å²) in [7, 11) is -5.57. The lowest BCUT2D eigenvalue weighted by atomic mass is 9.91. The molecule has 1 N–H and O–H groups in total. The molecule has 2 heterocycles. The van der Waals surface area contributed by atoms with E-state index in [4.69, 9.17) is 4.74 Å². The van der Waals surface area contributed by atoms with Gasteiger partial charge < -0.3 is 15.0 Å². The van der Waals surface area contributed by atoms with Crippen LogP contribution in [0.5, 0.6) is 5.75 Å². The molecule has 0 aliphatic carbocycles. The van der Waals surface area contributed by atoms with Gasteiger partial charge in [0, 0.05) is 34.3 Å². The van der Waals surface area contributed by atoms with Crippen LogP contribution in [0.4, 0.5) is 10.5 Å². The Balaban J connectivity index is 1.58. The molecular weight excluding hydrogens is 544 g/mol. The van der Waals surface area contributed by atoms with Crippen LogP contribution >= 0.6 is 0 Å². The molecule has 1 unspecified atom stereocenters. The summed E-state index contributed by atoms with van der Waals surface area (Å²) in [5.74, 6) is 0.309. The molecule has 218 valence electrons. The third kappa shape index (κ3) is 7.36. The lowest BCUT2D eigenvalue weighted by molar-refractivity contribution is -0.123. The predicted molar refractivity (Wildman–Crippen MR) is 160 cm³/mol. The number of rotatable bonds is 10. The SMILES string of the molecule is CCNC(=O)N1CCCC(Cc2ccc(N3CC(=O)N(CC[Si](C)(C)C)S3(=O)=O)c(OCc3ccccc3)c2)C1. The van der Waals surface area contributed by atoms with Crippen molar-refractivity contribution >= 4 is 35.9 Å². The summed E-state index contributed by atoms with van der Waals surface area (Å²) in [5.41, 5.74) is 2.34. The fourth-order valence-corrected chi connectivity index (χ4v) is 7.78. The van der Waals surface area contributed by atoms with Gasteiger partial charge in [-0.1, -0.05) is 56.0 Å². The highest BCUT2D eigenvalue weighted by Gasteiger charge is 2.44. The second-order valence-corrected chi connectivity index (χ2v) is 19.3. The number of urea groups is 1. The summed E-state index contributed by atoms with van der Waals surface area (Å²) in [6.07, 6.45) is 2.70. The van der Waals surface area contributed by atoms with E-state index < -0.39 is 24.2 Å². The number of nitrogens with zero attached hydrogens (tertiary/aromatic N) is 3. The minimum atomic E-state index is -4.01. The number of ether oxygens (including phenoxy) is 1. The normalized spacial score (nSPS) is 19.1. The number of carbonyl (C=O) groups excluding carboxylic acids is 2. The minimum absolute atomic E-state index is 0.0305. The lowest BCUT2D eigenvalue weighted by Crippen LogP contribution is -2.45. The summed E-state index contributed by atoms with van der Waals surface area (Å²) >= 11 is 0. The molecular formula is C29H42N4O5SSi. The molecule has 9 nitrogen and oxygen atoms in total. The van der Waals surface area contributed by atoms with Crippen molar-refractivity contribution in [2.75, 3.05) is 37.0 Å². The molecule has 2 fully saturated rings. The third-order valence-corrected chi connectivity index (χ3v) is 10.9. The molecule has 0 radical (unpaired) electrons. The monoisotopic (exact) mass is 586 g/mol. The van der Waals surface area contributed by atoms with E-state index >= 15 is 0 Å². The molecule has 2 aromatic carbocycles. The van der Waals surface area contributed by atoms with Crippen LogP contribution in [-0.2, 0) is 28.0 Å². The number of benzene rings is 2. The van der Waals surface area contributed by atoms with Gasteiger partial charge in [-0.3, -0.25) is 4.79 Å². The number of carbonyl (C=O) groups is 2. The van der Waals surface area contributed by atoms with Crippen molar-refractivity contribution in [1.29, 1.82) is 0 Å². The van der Waals surface area contributed by atoms with E-state index in [-0.39, 0.29) is 25.7 Å². The summed E-state index contributed by atoms with van der Waals surface area (Å²) in [6.45, 7) is 10.7. The van der Waals surface area contributed by atoms with E-state index in [1.807, 2.05) is 54.3 Å². The van der Waals surface area contributed by atoms with Crippen LogP contribution in [0.2, 0.25) is 25.7 Å². The van der Waals surface area contributed by atoms with E-state index in [0.717, 1.165) is 41.2 Å². The van der Waals surface area contributed by atoms with Gasteiger partial charge in [0.25, 0.3) is 5.91 Å². The summed E-state index contributed by atoms with van der Waals surface area (Å²) in [4.78, 5) is 27.1. The lowest BCUT2D eigenvalue weighted by Gasteiger charge is -2.33. The number of hydrogen-bond donors (Lipinski definition) is 1. The van der Waals surface area contributed by atoms with E-state index in [1.165, 1.54) is 4.31 Å². The zero-order valence-electron chi connectivity index (χ0n) is 24.1. The standard InChI is InChI=1S/C29H42N4O5SSi/c1-5-30-29(35)31-15-9-12-25(20-31)18-24-13-14-26(27(19-24)38-22-23-10-7-6-8-11-23)33-21-28(34)32(39(33,36)37)16-17-40(2,3)4/h6-8,10-11,13-14,19,25H,5,9,12,15-18,20-22H2,1-4H3,(H,30,35). The first-order valence-electron chi connectivity index (χ1n) is 14.1. The highest BCUT2D eigenvalue weighted by molar-refractivity contribution is 7.91. The topological polar surface area (TPSA) is 99.3 Å². The summed E-state index contributed by atoms with van der Waals surface area (Å²) < 4.78 is 35.5. The number of likely N-dealkylation sites (tertiary alicyclic amines) is 1. The molecule has 0 bridgehead atoms. The molecule has 0 saturated carbocycles. The predicted octanol–water partition coefficient (Wildman–Crippen LogP) is 4.48. The largest absolute Gasteiger partial charge is 0.487 e. The van der Waals surface area contributed by atoms with Gasteiger partial charge in [0.15, 0.2) is 0 Å². The van der Waals surface area contributed by atoms with Crippen LogP contribution < -0.4 is 14.4 Å². The Hall–Kier alpha value is -3.05. The Labute approximate surface area is 239 Å². The van der Waals surface area contributed by atoms with Gasteiger partial charge in [-0.15, -0.1) is 0 Å². The Bertz CT molecular complexity index is 1300. The maximum absolute atomic E-state index is 13.5. The van der Waals surface area contributed by atoms with Gasteiger partial charge in [-0.05, 0) is 61.4 Å². The quantitative estimate of drug-likeness (QED) is 0.414. The molecule has 2 aliphatic rings. The van der Waals surface area contributed by atoms with Crippen molar-refractivity contribution in [3.8, 4) is 5.75 Å². The Morgan fingerprint density at radius 2 is 1.85 bits per heavy atom. The van der Waals surface area contributed by atoms with Crippen molar-refractivity contribution in [3.05, 3.63) is 59.7 Å². The van der Waals surface area contributed by atoms with Crippen LogP contribution in [0.1, 0.15) is 30.9 Å². The van der Waals surface area contributed by atoms with Crippen molar-refractivity contribution < 1.29 is 22.7 Å². The number of anilines is 1. The first kappa shape index (κ1) is 29.9. The van der Waals surface area contributed by atoms with Gasteiger partial charge in [0.05, 0.1) is 5.69 Å². The summed E-state index contributed by atoms with van der Waals surface area (Å²) in [6, 6.07) is 15.9. The maximum Gasteiger partial charge on any atom is 0.329 e. The van der Waals surface area contributed by atoms with Crippen LogP contribution in [0.25, 0.3) is 0 Å². The molecule has 11 heteroatoms. The van der Waals surface area contributed by atoms with Crippen LogP contribution in [0.3, 0.4) is 0 Å². The molecule has 4 rings (SSSR count). The second-order valence-electron chi connectivity index (χ2n) is 11.9. The molecule has 3 amide bonds. The third-order valence-electron chi connectivity index (χ3n) is 7.37. The first-order chi connectivity index (χ1) is 19.0. The summed E-state index contributed by atoms with van der Waals surface area (Å²) in [5, 5.41) is 2.89. The smallest absolute Gasteiger partial charge is 0.329 e. The number of amides is 3. The molecule has 0 spiro atoms. The first-order valence-corrected chi connectivity index (χ1v) is 19.2. The van der Waals surface area contributed by atoms with Gasteiger partial charge in [0.2, 0.25) is 0 Å². The van der Waals surface area contributed by atoms with Crippen molar-refractivity contribution in [1.82, 2.24) is 14.5 Å². The van der Waals surface area contributed by atoms with Gasteiger partial charge >= 0.3 is 16.2 Å². The Morgan fingerprint density at radius 3 is 2.55 bits per heavy atom. The van der Waals surface area contributed by atoms with E-state index in [1.54, 1.807) is 6.07 Å². The average Bonchev–Trinajstić information content (AvgIpc) is 3.14. The Kier molecular flexibility index (Phi) is 9.45. The number of hydrogen-bond acceptors (Lipinski definition) is 5. The maximum atomic E-state index is 13.5. The average molecular weight is 587 g/mol. The highest BCUT2D eigenvalue weighted by atomic mass is 32.2. The molecule has 2 aromatic rings. The van der Waals surface area contributed by atoms with Crippen molar-refractivity contribution in [2.24, 2.45) is 5.92 Å². The molecule has 2 aliphatic heterocycles.